The summed E-state index contributed by atoms with van der Waals surface area (Å²) in [4.78, 5) is 33.3. The molecule has 0 radical (unpaired) electrons. The lowest BCUT2D eigenvalue weighted by atomic mass is 9.90. The van der Waals surface area contributed by atoms with E-state index in [0.717, 1.165) is 0 Å². The van der Waals surface area contributed by atoms with Gasteiger partial charge in [0.25, 0.3) is 5.91 Å². The third-order valence-corrected chi connectivity index (χ3v) is 3.57. The molecule has 21 heavy (non-hydrogen) atoms. The largest absolute Gasteiger partial charge is 0.481 e. The van der Waals surface area contributed by atoms with Gasteiger partial charge in [-0.1, -0.05) is 18.2 Å². The third kappa shape index (κ3) is 2.35. The van der Waals surface area contributed by atoms with Gasteiger partial charge in [-0.15, -0.1) is 0 Å². The van der Waals surface area contributed by atoms with Crippen molar-refractivity contribution in [3.05, 3.63) is 54.1 Å². The molecule has 0 spiro atoms. The van der Waals surface area contributed by atoms with Crippen LogP contribution in [0.4, 0.5) is 5.69 Å². The molecule has 1 aromatic carbocycles. The van der Waals surface area contributed by atoms with Gasteiger partial charge in [0.15, 0.2) is 0 Å². The highest BCUT2D eigenvalue weighted by atomic mass is 16.4. The highest BCUT2D eigenvalue weighted by Gasteiger charge is 2.32. The van der Waals surface area contributed by atoms with Crippen LogP contribution in [0, 0.1) is 0 Å². The predicted molar refractivity (Wildman–Crippen MR) is 75.1 cm³/mol. The van der Waals surface area contributed by atoms with Crippen LogP contribution in [0.25, 0.3) is 0 Å². The van der Waals surface area contributed by atoms with Crippen molar-refractivity contribution in [1.29, 1.82) is 0 Å². The molecule has 0 aliphatic carbocycles. The van der Waals surface area contributed by atoms with Gasteiger partial charge in [0.05, 0.1) is 12.1 Å². The summed E-state index contributed by atoms with van der Waals surface area (Å²) in [6.07, 6.45) is 4.76. The van der Waals surface area contributed by atoms with Gasteiger partial charge in [-0.2, -0.15) is 0 Å². The number of fused-ring (bicyclic) bond motifs is 1. The molecule has 0 bridgehead atoms. The normalized spacial score (nSPS) is 17.1. The Morgan fingerprint density at radius 1 is 1.24 bits per heavy atom. The molecule has 1 N–H and O–H groups in total. The molecule has 1 unspecified atom stereocenters. The van der Waals surface area contributed by atoms with Crippen molar-refractivity contribution < 1.29 is 14.7 Å². The highest BCUT2D eigenvalue weighted by Crippen LogP contribution is 2.35. The lowest BCUT2D eigenvalue weighted by molar-refractivity contribution is -0.139. The van der Waals surface area contributed by atoms with Crippen LogP contribution >= 0.6 is 0 Å². The summed E-state index contributed by atoms with van der Waals surface area (Å²) >= 11 is 0. The summed E-state index contributed by atoms with van der Waals surface area (Å²) in [6.45, 7) is 0.351. The predicted octanol–water partition coefficient (Wildman–Crippen LogP) is 1.70. The Morgan fingerprint density at radius 2 is 2.05 bits per heavy atom. The topological polar surface area (TPSA) is 83.4 Å². The zero-order chi connectivity index (χ0) is 14.8. The van der Waals surface area contributed by atoms with Crippen LogP contribution in [0.3, 0.4) is 0 Å². The summed E-state index contributed by atoms with van der Waals surface area (Å²) in [5.41, 5.74) is 1.54. The number of benzene rings is 1. The van der Waals surface area contributed by atoms with E-state index < -0.39 is 11.9 Å². The molecular weight excluding hydrogens is 270 g/mol. The summed E-state index contributed by atoms with van der Waals surface area (Å²) < 4.78 is 0. The van der Waals surface area contributed by atoms with E-state index >= 15 is 0 Å². The third-order valence-electron chi connectivity index (χ3n) is 3.57. The van der Waals surface area contributed by atoms with Crippen molar-refractivity contribution in [2.24, 2.45) is 0 Å². The molecule has 106 valence electrons. The smallest absolute Gasteiger partial charge is 0.311 e. The minimum absolute atomic E-state index is 0.251. The Kier molecular flexibility index (Phi) is 3.35. The van der Waals surface area contributed by atoms with Crippen LogP contribution in [0.15, 0.2) is 42.9 Å². The van der Waals surface area contributed by atoms with Crippen LogP contribution in [0.5, 0.6) is 0 Å². The van der Waals surface area contributed by atoms with Crippen molar-refractivity contribution in [1.82, 2.24) is 9.97 Å². The number of aliphatic carboxylic acids is 1. The van der Waals surface area contributed by atoms with Gasteiger partial charge in [0.1, 0.15) is 5.69 Å². The van der Waals surface area contributed by atoms with E-state index in [1.165, 1.54) is 18.6 Å². The molecule has 6 heteroatoms. The Balaban J connectivity index is 2.00. The highest BCUT2D eigenvalue weighted by molar-refractivity contribution is 6.06. The average Bonchev–Trinajstić information content (AvgIpc) is 2.54. The Morgan fingerprint density at radius 3 is 2.76 bits per heavy atom. The fraction of sp³-hybridized carbons (Fsp3) is 0.200. The molecule has 2 aromatic rings. The molecule has 1 atom stereocenters. The summed E-state index contributed by atoms with van der Waals surface area (Å²) in [6, 6.07) is 7.09. The SMILES string of the molecule is O=C(O)C1CCN(C(=O)c2cnccn2)c2ccccc21. The maximum absolute atomic E-state index is 12.5. The van der Waals surface area contributed by atoms with Crippen LogP contribution in [0.2, 0.25) is 0 Å². The molecule has 6 nitrogen and oxygen atoms in total. The minimum Gasteiger partial charge on any atom is -0.481 e. The molecule has 1 aromatic heterocycles. The number of anilines is 1. The van der Waals surface area contributed by atoms with E-state index in [0.29, 0.717) is 24.2 Å². The molecule has 1 aliphatic heterocycles. The first-order chi connectivity index (χ1) is 10.2. The molecule has 1 aliphatic rings. The minimum atomic E-state index is -0.867. The first-order valence-corrected chi connectivity index (χ1v) is 6.58. The lowest BCUT2D eigenvalue weighted by Gasteiger charge is -2.32. The number of carbonyl (C=O) groups excluding carboxylic acids is 1. The molecule has 2 heterocycles. The second-order valence-electron chi connectivity index (χ2n) is 4.79. The summed E-state index contributed by atoms with van der Waals surface area (Å²) in [5.74, 6) is -1.71. The maximum atomic E-state index is 12.5. The molecular formula is C15H13N3O3. The Labute approximate surface area is 121 Å². The summed E-state index contributed by atoms with van der Waals surface area (Å²) in [5, 5.41) is 9.30. The first-order valence-electron chi connectivity index (χ1n) is 6.58. The van der Waals surface area contributed by atoms with E-state index in [1.807, 2.05) is 0 Å². The van der Waals surface area contributed by atoms with Crippen molar-refractivity contribution in [2.75, 3.05) is 11.4 Å². The number of carboxylic acid groups (broad SMARTS) is 1. The number of amides is 1. The zero-order valence-corrected chi connectivity index (χ0v) is 11.1. The van der Waals surface area contributed by atoms with Gasteiger partial charge in [-0.25, -0.2) is 4.98 Å². The standard InChI is InChI=1S/C15H13N3O3/c19-14(12-9-16-6-7-17-12)18-8-5-11(15(20)21)10-3-1-2-4-13(10)18/h1-4,6-7,9,11H,5,8H2,(H,20,21). The van der Waals surface area contributed by atoms with Gasteiger partial charge >= 0.3 is 5.97 Å². The van der Waals surface area contributed by atoms with E-state index in [2.05, 4.69) is 9.97 Å². The number of para-hydroxylation sites is 1. The van der Waals surface area contributed by atoms with Gasteiger partial charge < -0.3 is 10.0 Å². The monoisotopic (exact) mass is 283 g/mol. The van der Waals surface area contributed by atoms with Gasteiger partial charge in [0, 0.05) is 24.6 Å². The van der Waals surface area contributed by atoms with Crippen molar-refractivity contribution in [3.8, 4) is 0 Å². The fourth-order valence-corrected chi connectivity index (χ4v) is 2.58. The van der Waals surface area contributed by atoms with E-state index in [-0.39, 0.29) is 11.6 Å². The molecule has 0 fully saturated rings. The zero-order valence-electron chi connectivity index (χ0n) is 11.1. The number of aromatic nitrogens is 2. The molecule has 1 amide bonds. The fourth-order valence-electron chi connectivity index (χ4n) is 2.58. The molecule has 3 rings (SSSR count). The van der Waals surface area contributed by atoms with Crippen LogP contribution in [-0.2, 0) is 4.79 Å². The number of nitrogens with zero attached hydrogens (tertiary/aromatic N) is 3. The average molecular weight is 283 g/mol. The van der Waals surface area contributed by atoms with Crippen LogP contribution in [-0.4, -0.2) is 33.5 Å². The van der Waals surface area contributed by atoms with Crippen molar-refractivity contribution >= 4 is 17.6 Å². The number of carbonyl (C=O) groups is 2. The Bertz CT molecular complexity index is 688. The second-order valence-corrected chi connectivity index (χ2v) is 4.79. The first kappa shape index (κ1) is 13.2. The quantitative estimate of drug-likeness (QED) is 0.906. The number of carboxylic acids is 1. The molecule has 0 saturated heterocycles. The van der Waals surface area contributed by atoms with E-state index in [1.54, 1.807) is 29.2 Å². The maximum Gasteiger partial charge on any atom is 0.311 e. The lowest BCUT2D eigenvalue weighted by Crippen LogP contribution is -2.38. The van der Waals surface area contributed by atoms with Crippen molar-refractivity contribution in [2.45, 2.75) is 12.3 Å². The number of hydrogen-bond acceptors (Lipinski definition) is 4. The van der Waals surface area contributed by atoms with Gasteiger partial charge in [0.2, 0.25) is 0 Å². The Hall–Kier alpha value is -2.76. The van der Waals surface area contributed by atoms with E-state index in [4.69, 9.17) is 0 Å². The van der Waals surface area contributed by atoms with Crippen molar-refractivity contribution in [3.63, 3.8) is 0 Å². The summed E-state index contributed by atoms with van der Waals surface area (Å²) in [7, 11) is 0. The van der Waals surface area contributed by atoms with E-state index in [9.17, 15) is 14.7 Å². The number of hydrogen-bond donors (Lipinski definition) is 1. The van der Waals surface area contributed by atoms with Gasteiger partial charge in [-0.05, 0) is 18.1 Å². The number of rotatable bonds is 2. The van der Waals surface area contributed by atoms with Gasteiger partial charge in [-0.3, -0.25) is 14.6 Å². The second kappa shape index (κ2) is 5.32. The van der Waals surface area contributed by atoms with Crippen LogP contribution in [0.1, 0.15) is 28.4 Å². The van der Waals surface area contributed by atoms with Crippen LogP contribution < -0.4 is 4.90 Å². The molecule has 0 saturated carbocycles.